The van der Waals surface area contributed by atoms with E-state index in [-0.39, 0.29) is 0 Å². The van der Waals surface area contributed by atoms with Gasteiger partial charge in [0.1, 0.15) is 16.5 Å². The Balaban J connectivity index is 1.48. The number of benzene rings is 1. The van der Waals surface area contributed by atoms with Gasteiger partial charge < -0.3 is 10.1 Å². The van der Waals surface area contributed by atoms with Crippen molar-refractivity contribution in [2.24, 2.45) is 0 Å². The Kier molecular flexibility index (Phi) is 5.33. The molecule has 1 fully saturated rings. The van der Waals surface area contributed by atoms with Gasteiger partial charge in [0.25, 0.3) is 0 Å². The maximum atomic E-state index is 5.47. The summed E-state index contributed by atoms with van der Waals surface area (Å²) in [6, 6.07) is 10.4. The predicted molar refractivity (Wildman–Crippen MR) is 122 cm³/mol. The number of nitrogens with zero attached hydrogens (tertiary/aromatic N) is 4. The minimum atomic E-state index is 0.624. The molecule has 154 valence electrons. The molecule has 0 atom stereocenters. The van der Waals surface area contributed by atoms with Crippen molar-refractivity contribution < 1.29 is 4.74 Å². The van der Waals surface area contributed by atoms with Gasteiger partial charge in [-0.1, -0.05) is 24.3 Å². The summed E-state index contributed by atoms with van der Waals surface area (Å²) in [5.74, 6) is 1.76. The third-order valence-electron chi connectivity index (χ3n) is 5.72. The van der Waals surface area contributed by atoms with E-state index in [1.54, 1.807) is 11.3 Å². The topological polar surface area (TPSA) is 63.2 Å². The Morgan fingerprint density at radius 2 is 1.93 bits per heavy atom. The standard InChI is InChI=1S/C23H25N5OS/c1-15-16(2)30-23-21(15)22(26-20(27-23)14-28-9-11-29-12-10-28)25-13-19-18-6-4-3-5-17(18)7-8-24-19/h3-8H,9-14H2,1-2H3,(H,25,26,27). The third kappa shape index (κ3) is 3.76. The van der Waals surface area contributed by atoms with Gasteiger partial charge in [-0.25, -0.2) is 9.97 Å². The van der Waals surface area contributed by atoms with E-state index >= 15 is 0 Å². The lowest BCUT2D eigenvalue weighted by Crippen LogP contribution is -2.36. The van der Waals surface area contributed by atoms with E-state index in [2.05, 4.69) is 59.4 Å². The highest BCUT2D eigenvalue weighted by Crippen LogP contribution is 2.33. The molecule has 1 aliphatic heterocycles. The molecule has 1 N–H and O–H groups in total. The van der Waals surface area contributed by atoms with Crippen molar-refractivity contribution in [3.63, 3.8) is 0 Å². The first-order chi connectivity index (χ1) is 14.7. The van der Waals surface area contributed by atoms with Gasteiger partial charge in [-0.2, -0.15) is 0 Å². The van der Waals surface area contributed by atoms with E-state index < -0.39 is 0 Å². The van der Waals surface area contributed by atoms with Crippen molar-refractivity contribution in [2.45, 2.75) is 26.9 Å². The van der Waals surface area contributed by atoms with Crippen LogP contribution in [0.4, 0.5) is 5.82 Å². The van der Waals surface area contributed by atoms with Gasteiger partial charge in [-0.3, -0.25) is 9.88 Å². The number of ether oxygens (including phenoxy) is 1. The highest BCUT2D eigenvalue weighted by molar-refractivity contribution is 7.18. The van der Waals surface area contributed by atoms with E-state index in [0.29, 0.717) is 6.54 Å². The molecule has 1 aromatic carbocycles. The Bertz CT molecular complexity index is 1190. The van der Waals surface area contributed by atoms with Crippen LogP contribution in [-0.2, 0) is 17.8 Å². The summed E-state index contributed by atoms with van der Waals surface area (Å²) in [6.07, 6.45) is 1.87. The molecular formula is C23H25N5OS. The quantitative estimate of drug-likeness (QED) is 0.520. The van der Waals surface area contributed by atoms with Crippen molar-refractivity contribution in [3.05, 3.63) is 58.5 Å². The molecule has 0 bridgehead atoms. The Morgan fingerprint density at radius 3 is 2.80 bits per heavy atom. The number of pyridine rings is 1. The molecule has 0 aliphatic carbocycles. The summed E-state index contributed by atoms with van der Waals surface area (Å²) in [5.41, 5.74) is 2.28. The van der Waals surface area contributed by atoms with Gasteiger partial charge >= 0.3 is 0 Å². The molecule has 5 rings (SSSR count). The predicted octanol–water partition coefficient (Wildman–Crippen LogP) is 4.30. The molecule has 0 unspecified atom stereocenters. The molecule has 4 aromatic rings. The summed E-state index contributed by atoms with van der Waals surface area (Å²) >= 11 is 1.74. The second-order valence-corrected chi connectivity index (χ2v) is 8.88. The van der Waals surface area contributed by atoms with E-state index in [1.165, 1.54) is 21.2 Å². The van der Waals surface area contributed by atoms with Crippen LogP contribution in [0.3, 0.4) is 0 Å². The maximum absolute atomic E-state index is 5.47. The molecule has 30 heavy (non-hydrogen) atoms. The zero-order valence-electron chi connectivity index (χ0n) is 17.3. The first-order valence-electron chi connectivity index (χ1n) is 10.3. The summed E-state index contributed by atoms with van der Waals surface area (Å²) in [7, 11) is 0. The number of nitrogens with one attached hydrogen (secondary N) is 1. The molecule has 7 heteroatoms. The zero-order valence-corrected chi connectivity index (χ0v) is 18.1. The normalized spacial score (nSPS) is 15.1. The van der Waals surface area contributed by atoms with Crippen LogP contribution in [0, 0.1) is 13.8 Å². The number of rotatable bonds is 5. The third-order valence-corrected chi connectivity index (χ3v) is 6.82. The van der Waals surface area contributed by atoms with E-state index in [4.69, 9.17) is 14.7 Å². The molecule has 6 nitrogen and oxygen atoms in total. The smallest absolute Gasteiger partial charge is 0.146 e. The Labute approximate surface area is 179 Å². The largest absolute Gasteiger partial charge is 0.379 e. The molecule has 0 radical (unpaired) electrons. The second kappa shape index (κ2) is 8.26. The zero-order chi connectivity index (χ0) is 20.5. The van der Waals surface area contributed by atoms with Crippen LogP contribution in [0.25, 0.3) is 21.0 Å². The lowest BCUT2D eigenvalue weighted by atomic mass is 10.1. The van der Waals surface area contributed by atoms with Gasteiger partial charge in [0.05, 0.1) is 37.4 Å². The van der Waals surface area contributed by atoms with Gasteiger partial charge in [-0.15, -0.1) is 11.3 Å². The highest BCUT2D eigenvalue weighted by atomic mass is 32.1. The van der Waals surface area contributed by atoms with Crippen LogP contribution >= 0.6 is 11.3 Å². The van der Waals surface area contributed by atoms with Crippen LogP contribution in [-0.4, -0.2) is 46.2 Å². The molecule has 1 aliphatic rings. The molecule has 3 aromatic heterocycles. The molecular weight excluding hydrogens is 394 g/mol. The van der Waals surface area contributed by atoms with E-state index in [0.717, 1.165) is 60.4 Å². The number of morpholine rings is 1. The van der Waals surface area contributed by atoms with Crippen molar-refractivity contribution in [1.29, 1.82) is 0 Å². The van der Waals surface area contributed by atoms with Crippen LogP contribution < -0.4 is 5.32 Å². The van der Waals surface area contributed by atoms with Crippen LogP contribution in [0.1, 0.15) is 22.0 Å². The molecule has 0 spiro atoms. The molecule has 0 saturated carbocycles. The lowest BCUT2D eigenvalue weighted by Gasteiger charge is -2.25. The Morgan fingerprint density at radius 1 is 1.10 bits per heavy atom. The van der Waals surface area contributed by atoms with Crippen LogP contribution in [0.5, 0.6) is 0 Å². The SMILES string of the molecule is Cc1sc2nc(CN3CCOCC3)nc(NCc3nccc4ccccc34)c2c1C. The fourth-order valence-electron chi connectivity index (χ4n) is 3.94. The van der Waals surface area contributed by atoms with Gasteiger partial charge in [0, 0.05) is 29.5 Å². The fourth-order valence-corrected chi connectivity index (χ4v) is 4.99. The van der Waals surface area contributed by atoms with Crippen molar-refractivity contribution >= 4 is 38.1 Å². The lowest BCUT2D eigenvalue weighted by molar-refractivity contribution is 0.0331. The van der Waals surface area contributed by atoms with E-state index in [9.17, 15) is 0 Å². The monoisotopic (exact) mass is 419 g/mol. The van der Waals surface area contributed by atoms with E-state index in [1.807, 2.05) is 6.20 Å². The van der Waals surface area contributed by atoms with Crippen LogP contribution in [0.2, 0.25) is 0 Å². The second-order valence-electron chi connectivity index (χ2n) is 7.67. The van der Waals surface area contributed by atoms with Gasteiger partial charge in [0.15, 0.2) is 0 Å². The summed E-state index contributed by atoms with van der Waals surface area (Å²) in [6.45, 7) is 9.07. The number of anilines is 1. The number of aryl methyl sites for hydroxylation is 2. The highest BCUT2D eigenvalue weighted by Gasteiger charge is 2.18. The number of hydrogen-bond acceptors (Lipinski definition) is 7. The number of aromatic nitrogens is 3. The average Bonchev–Trinajstić information content (AvgIpc) is 3.06. The molecule has 4 heterocycles. The van der Waals surface area contributed by atoms with Crippen molar-refractivity contribution in [3.8, 4) is 0 Å². The fraction of sp³-hybridized carbons (Fsp3) is 0.348. The molecule has 1 saturated heterocycles. The first-order valence-corrected chi connectivity index (χ1v) is 11.1. The average molecular weight is 420 g/mol. The minimum Gasteiger partial charge on any atom is -0.379 e. The summed E-state index contributed by atoms with van der Waals surface area (Å²) in [5, 5.41) is 7.08. The van der Waals surface area contributed by atoms with Crippen molar-refractivity contribution in [1.82, 2.24) is 19.9 Å². The summed E-state index contributed by atoms with van der Waals surface area (Å²) in [4.78, 5) is 19.1. The Hall–Kier alpha value is -2.61. The number of hydrogen-bond donors (Lipinski definition) is 1. The van der Waals surface area contributed by atoms with Gasteiger partial charge in [-0.05, 0) is 30.9 Å². The molecule has 0 amide bonds. The van der Waals surface area contributed by atoms with Gasteiger partial charge in [0.2, 0.25) is 0 Å². The minimum absolute atomic E-state index is 0.624. The van der Waals surface area contributed by atoms with Crippen LogP contribution in [0.15, 0.2) is 36.5 Å². The first kappa shape index (κ1) is 19.4. The number of fused-ring (bicyclic) bond motifs is 2. The summed E-state index contributed by atoms with van der Waals surface area (Å²) < 4.78 is 5.47. The maximum Gasteiger partial charge on any atom is 0.146 e. The number of thiophene rings is 1. The van der Waals surface area contributed by atoms with Crippen molar-refractivity contribution in [2.75, 3.05) is 31.6 Å².